The average molecular weight is 277 g/mol. The molecule has 3 saturated heterocycles. The van der Waals surface area contributed by atoms with Crippen molar-refractivity contribution in [1.29, 1.82) is 0 Å². The molecule has 108 valence electrons. The molecule has 2 unspecified atom stereocenters. The number of carbonyl (C=O) groups excluding carboxylic acids is 2. The van der Waals surface area contributed by atoms with E-state index in [4.69, 9.17) is 9.47 Å². The minimum absolute atomic E-state index is 0.0201. The highest BCUT2D eigenvalue weighted by molar-refractivity contribution is 5.89. The van der Waals surface area contributed by atoms with Gasteiger partial charge < -0.3 is 14.8 Å². The summed E-state index contributed by atoms with van der Waals surface area (Å²) in [7, 11) is 0. The largest absolute Gasteiger partial charge is 0.462 e. The first-order chi connectivity index (χ1) is 9.66. The molecule has 5 aliphatic rings. The molecule has 5 fully saturated rings. The predicted molar refractivity (Wildman–Crippen MR) is 67.5 cm³/mol. The van der Waals surface area contributed by atoms with Crippen LogP contribution in [0.5, 0.6) is 0 Å². The molecule has 5 heteroatoms. The van der Waals surface area contributed by atoms with E-state index in [9.17, 15) is 9.59 Å². The van der Waals surface area contributed by atoms with Crippen LogP contribution >= 0.6 is 0 Å². The lowest BCUT2D eigenvalue weighted by atomic mass is 9.73. The maximum atomic E-state index is 12.6. The van der Waals surface area contributed by atoms with Crippen LogP contribution in [0.15, 0.2) is 0 Å². The Kier molecular flexibility index (Phi) is 2.06. The van der Waals surface area contributed by atoms with Crippen LogP contribution in [-0.2, 0) is 19.1 Å². The van der Waals surface area contributed by atoms with Gasteiger partial charge in [0.15, 0.2) is 0 Å². The Labute approximate surface area is 117 Å². The molecule has 2 saturated carbocycles. The van der Waals surface area contributed by atoms with Crippen molar-refractivity contribution in [2.24, 2.45) is 23.7 Å². The highest BCUT2D eigenvalue weighted by Gasteiger charge is 2.68. The summed E-state index contributed by atoms with van der Waals surface area (Å²) in [4.78, 5) is 24.6. The highest BCUT2D eigenvalue weighted by atomic mass is 16.6. The Balaban J connectivity index is 1.35. The average Bonchev–Trinajstić information content (AvgIpc) is 2.85. The minimum atomic E-state index is -0.485. The first kappa shape index (κ1) is 11.5. The van der Waals surface area contributed by atoms with Crippen LogP contribution in [0.3, 0.4) is 0 Å². The van der Waals surface area contributed by atoms with E-state index in [1.54, 1.807) is 0 Å². The third-order valence-corrected chi connectivity index (χ3v) is 6.17. The summed E-state index contributed by atoms with van der Waals surface area (Å²) >= 11 is 0. The van der Waals surface area contributed by atoms with Gasteiger partial charge in [-0.1, -0.05) is 0 Å². The number of hydrogen-bond donors (Lipinski definition) is 1. The molecule has 3 heterocycles. The lowest BCUT2D eigenvalue weighted by Gasteiger charge is -2.27. The quantitative estimate of drug-likeness (QED) is 0.752. The Hall–Kier alpha value is -1.10. The maximum absolute atomic E-state index is 12.6. The van der Waals surface area contributed by atoms with Crippen molar-refractivity contribution in [3.8, 4) is 0 Å². The molecule has 1 spiro atoms. The number of ether oxygens (including phenoxy) is 2. The van der Waals surface area contributed by atoms with E-state index >= 15 is 0 Å². The number of rotatable bonds is 2. The van der Waals surface area contributed by atoms with E-state index in [-0.39, 0.29) is 29.8 Å². The van der Waals surface area contributed by atoms with Gasteiger partial charge in [-0.2, -0.15) is 0 Å². The van der Waals surface area contributed by atoms with E-state index in [0.717, 1.165) is 37.5 Å². The lowest BCUT2D eigenvalue weighted by molar-refractivity contribution is -0.146. The molecule has 1 N–H and O–H groups in total. The van der Waals surface area contributed by atoms with Gasteiger partial charge in [0.25, 0.3) is 0 Å². The Morgan fingerprint density at radius 1 is 1.25 bits per heavy atom. The number of carbonyl (C=O) groups is 2. The van der Waals surface area contributed by atoms with E-state index in [2.05, 4.69) is 5.32 Å². The van der Waals surface area contributed by atoms with Gasteiger partial charge in [0.2, 0.25) is 5.91 Å². The van der Waals surface area contributed by atoms with Crippen molar-refractivity contribution >= 4 is 11.9 Å². The van der Waals surface area contributed by atoms with Gasteiger partial charge >= 0.3 is 5.97 Å². The third kappa shape index (κ3) is 1.37. The van der Waals surface area contributed by atoms with Crippen molar-refractivity contribution in [1.82, 2.24) is 5.32 Å². The van der Waals surface area contributed by atoms with Gasteiger partial charge in [-0.3, -0.25) is 9.59 Å². The number of amides is 1. The van der Waals surface area contributed by atoms with E-state index < -0.39 is 5.60 Å². The fraction of sp³-hybridized carbons (Fsp3) is 0.867. The SMILES string of the molecule is O=C(NC1CC2CC2C1)[C@H]1[C@H]2C(=O)OC[C@]23CC[C@H]1O3. The van der Waals surface area contributed by atoms with Gasteiger partial charge in [0, 0.05) is 6.04 Å². The van der Waals surface area contributed by atoms with Crippen LogP contribution < -0.4 is 5.32 Å². The number of nitrogens with one attached hydrogen (secondary N) is 1. The van der Waals surface area contributed by atoms with Crippen molar-refractivity contribution < 1.29 is 19.1 Å². The second-order valence-corrected chi connectivity index (χ2v) is 7.30. The molecule has 1 amide bonds. The minimum Gasteiger partial charge on any atom is -0.462 e. The van der Waals surface area contributed by atoms with Crippen LogP contribution in [-0.4, -0.2) is 36.2 Å². The standard InChI is InChI=1S/C15H19NO4/c17-13(16-9-4-7-3-8(7)5-9)11-10-1-2-15(20-10)6-19-14(18)12(11)15/h7-12H,1-6H2,(H,16,17)/t7?,8?,9?,10-,11-,12+,15-/m1/s1. The fourth-order valence-electron chi connectivity index (χ4n) is 5.12. The van der Waals surface area contributed by atoms with E-state index in [1.165, 1.54) is 6.42 Å². The summed E-state index contributed by atoms with van der Waals surface area (Å²) in [5.41, 5.74) is -0.485. The van der Waals surface area contributed by atoms with Gasteiger partial charge in [0.1, 0.15) is 18.1 Å². The highest BCUT2D eigenvalue weighted by Crippen LogP contribution is 2.55. The molecule has 20 heavy (non-hydrogen) atoms. The molecule has 0 radical (unpaired) electrons. The first-order valence-electron chi connectivity index (χ1n) is 7.81. The first-order valence-corrected chi connectivity index (χ1v) is 7.81. The summed E-state index contributed by atoms with van der Waals surface area (Å²) in [5.74, 6) is 0.792. The summed E-state index contributed by atoms with van der Waals surface area (Å²) in [6.07, 6.45) is 5.24. The number of esters is 1. The van der Waals surface area contributed by atoms with Gasteiger partial charge in [0.05, 0.1) is 12.0 Å². The molecule has 6 atom stereocenters. The Morgan fingerprint density at radius 3 is 2.85 bits per heavy atom. The molecule has 2 bridgehead atoms. The Bertz CT molecular complexity index is 496. The van der Waals surface area contributed by atoms with Crippen LogP contribution in [0.25, 0.3) is 0 Å². The fourth-order valence-corrected chi connectivity index (χ4v) is 5.12. The summed E-state index contributed by atoms with van der Waals surface area (Å²) in [5, 5.41) is 3.17. The number of cyclic esters (lactones) is 1. The van der Waals surface area contributed by atoms with Gasteiger partial charge in [-0.25, -0.2) is 0 Å². The zero-order valence-corrected chi connectivity index (χ0v) is 11.3. The predicted octanol–water partition coefficient (Wildman–Crippen LogP) is 0.622. The smallest absolute Gasteiger partial charge is 0.313 e. The topological polar surface area (TPSA) is 64.6 Å². The maximum Gasteiger partial charge on any atom is 0.313 e. The van der Waals surface area contributed by atoms with Crippen molar-refractivity contribution in [2.45, 2.75) is 49.9 Å². The molecule has 5 nitrogen and oxygen atoms in total. The van der Waals surface area contributed by atoms with Crippen LogP contribution in [0.4, 0.5) is 0 Å². The normalized spacial score (nSPS) is 54.5. The second-order valence-electron chi connectivity index (χ2n) is 7.30. The van der Waals surface area contributed by atoms with Crippen LogP contribution in [0.2, 0.25) is 0 Å². The van der Waals surface area contributed by atoms with Crippen molar-refractivity contribution in [3.05, 3.63) is 0 Å². The zero-order chi connectivity index (χ0) is 13.5. The molecular weight excluding hydrogens is 258 g/mol. The van der Waals surface area contributed by atoms with E-state index in [0.29, 0.717) is 12.6 Å². The molecule has 0 aromatic carbocycles. The number of hydrogen-bond acceptors (Lipinski definition) is 4. The van der Waals surface area contributed by atoms with Crippen molar-refractivity contribution in [3.63, 3.8) is 0 Å². The van der Waals surface area contributed by atoms with Gasteiger partial charge in [-0.15, -0.1) is 0 Å². The second kappa shape index (κ2) is 3.56. The number of fused-ring (bicyclic) bond motifs is 2. The Morgan fingerprint density at radius 2 is 2.05 bits per heavy atom. The van der Waals surface area contributed by atoms with E-state index in [1.807, 2.05) is 0 Å². The van der Waals surface area contributed by atoms with Crippen molar-refractivity contribution in [2.75, 3.05) is 6.61 Å². The summed E-state index contributed by atoms with van der Waals surface area (Å²) in [6, 6.07) is 0.318. The molecule has 0 aromatic heterocycles. The summed E-state index contributed by atoms with van der Waals surface area (Å²) < 4.78 is 11.1. The molecule has 5 rings (SSSR count). The molecule has 3 aliphatic heterocycles. The molecule has 2 aliphatic carbocycles. The molecule has 0 aromatic rings. The monoisotopic (exact) mass is 277 g/mol. The third-order valence-electron chi connectivity index (χ3n) is 6.17. The van der Waals surface area contributed by atoms with Crippen LogP contribution in [0.1, 0.15) is 32.1 Å². The lowest BCUT2D eigenvalue weighted by Crippen LogP contribution is -2.47. The van der Waals surface area contributed by atoms with Gasteiger partial charge in [-0.05, 0) is 43.9 Å². The zero-order valence-electron chi connectivity index (χ0n) is 11.3. The molecular formula is C15H19NO4. The summed E-state index contributed by atoms with van der Waals surface area (Å²) in [6.45, 7) is 0.338. The van der Waals surface area contributed by atoms with Crippen LogP contribution in [0, 0.1) is 23.7 Å².